The van der Waals surface area contributed by atoms with Crippen molar-refractivity contribution in [3.63, 3.8) is 0 Å². The number of likely N-dealkylation sites (tertiary alicyclic amines) is 1. The molecular formula is C19H28N2O4. The number of piperidine rings is 1. The van der Waals surface area contributed by atoms with Gasteiger partial charge < -0.3 is 20.1 Å². The molecule has 1 aromatic carbocycles. The van der Waals surface area contributed by atoms with Gasteiger partial charge in [-0.2, -0.15) is 0 Å². The topological polar surface area (TPSA) is 78.9 Å². The van der Waals surface area contributed by atoms with E-state index in [1.54, 1.807) is 12.0 Å². The van der Waals surface area contributed by atoms with Crippen molar-refractivity contribution in [3.05, 3.63) is 35.9 Å². The SMILES string of the molecule is COCCCC(Cc1ccccc1)NC(=O)N1CCCC(C(=O)O)C1. The number of methoxy groups -OCH3 is 1. The molecule has 0 bridgehead atoms. The van der Waals surface area contributed by atoms with Gasteiger partial charge in [0.15, 0.2) is 0 Å². The van der Waals surface area contributed by atoms with Gasteiger partial charge in [-0.15, -0.1) is 0 Å². The number of hydrogen-bond donors (Lipinski definition) is 2. The van der Waals surface area contributed by atoms with Gasteiger partial charge in [0.05, 0.1) is 5.92 Å². The number of urea groups is 1. The molecule has 2 amide bonds. The number of carboxylic acid groups (broad SMARTS) is 1. The summed E-state index contributed by atoms with van der Waals surface area (Å²) in [6.07, 6.45) is 3.82. The van der Waals surface area contributed by atoms with E-state index in [9.17, 15) is 14.7 Å². The van der Waals surface area contributed by atoms with Crippen molar-refractivity contribution in [1.82, 2.24) is 10.2 Å². The average molecular weight is 348 g/mol. The summed E-state index contributed by atoms with van der Waals surface area (Å²) in [4.78, 5) is 25.4. The molecule has 0 radical (unpaired) electrons. The number of carbonyl (C=O) groups is 2. The molecule has 2 N–H and O–H groups in total. The second-order valence-electron chi connectivity index (χ2n) is 6.59. The molecule has 0 aromatic heterocycles. The Kier molecular flexibility index (Phi) is 7.73. The molecule has 0 aliphatic carbocycles. The number of nitrogens with zero attached hydrogens (tertiary/aromatic N) is 1. The zero-order chi connectivity index (χ0) is 18.1. The van der Waals surface area contributed by atoms with Crippen molar-refractivity contribution in [2.24, 2.45) is 5.92 Å². The van der Waals surface area contributed by atoms with Crippen LogP contribution in [0.3, 0.4) is 0 Å². The van der Waals surface area contributed by atoms with Gasteiger partial charge >= 0.3 is 12.0 Å². The number of benzene rings is 1. The minimum atomic E-state index is -0.821. The molecule has 1 aliphatic rings. The first-order valence-corrected chi connectivity index (χ1v) is 8.91. The molecule has 6 heteroatoms. The molecule has 1 aromatic rings. The lowest BCUT2D eigenvalue weighted by Gasteiger charge is -2.32. The van der Waals surface area contributed by atoms with E-state index in [1.807, 2.05) is 18.2 Å². The van der Waals surface area contributed by atoms with Gasteiger partial charge in [-0.1, -0.05) is 30.3 Å². The van der Waals surface area contributed by atoms with Crippen molar-refractivity contribution in [2.75, 3.05) is 26.8 Å². The molecule has 2 atom stereocenters. The number of carboxylic acids is 1. The highest BCUT2D eigenvalue weighted by Crippen LogP contribution is 2.17. The first-order valence-electron chi connectivity index (χ1n) is 8.91. The minimum absolute atomic E-state index is 0.00949. The molecule has 1 heterocycles. The van der Waals surface area contributed by atoms with Crippen LogP contribution in [0.25, 0.3) is 0 Å². The number of aliphatic carboxylic acids is 1. The van der Waals surface area contributed by atoms with Crippen LogP contribution >= 0.6 is 0 Å². The number of amides is 2. The van der Waals surface area contributed by atoms with Crippen LogP contribution in [0.15, 0.2) is 30.3 Å². The second kappa shape index (κ2) is 10.0. The number of hydrogen-bond acceptors (Lipinski definition) is 3. The minimum Gasteiger partial charge on any atom is -0.481 e. The zero-order valence-electron chi connectivity index (χ0n) is 14.8. The van der Waals surface area contributed by atoms with E-state index < -0.39 is 11.9 Å². The van der Waals surface area contributed by atoms with Crippen LogP contribution < -0.4 is 5.32 Å². The molecule has 0 spiro atoms. The Bertz CT molecular complexity index is 550. The Labute approximate surface area is 149 Å². The number of carbonyl (C=O) groups excluding carboxylic acids is 1. The normalized spacial score (nSPS) is 18.6. The maximum atomic E-state index is 12.6. The van der Waals surface area contributed by atoms with Gasteiger partial charge in [0.1, 0.15) is 0 Å². The van der Waals surface area contributed by atoms with Crippen LogP contribution in [0, 0.1) is 5.92 Å². The maximum absolute atomic E-state index is 12.6. The van der Waals surface area contributed by atoms with Crippen LogP contribution in [-0.4, -0.2) is 54.9 Å². The number of nitrogens with one attached hydrogen (secondary N) is 1. The van der Waals surface area contributed by atoms with Crippen LogP contribution in [0.2, 0.25) is 0 Å². The van der Waals surface area contributed by atoms with E-state index in [4.69, 9.17) is 4.74 Å². The van der Waals surface area contributed by atoms with Crippen molar-refractivity contribution in [2.45, 2.75) is 38.1 Å². The summed E-state index contributed by atoms with van der Waals surface area (Å²) >= 11 is 0. The predicted octanol–water partition coefficient (Wildman–Crippen LogP) is 2.53. The van der Waals surface area contributed by atoms with Gasteiger partial charge in [-0.3, -0.25) is 4.79 Å². The molecule has 1 fully saturated rings. The summed E-state index contributed by atoms with van der Waals surface area (Å²) in [5.74, 6) is -1.28. The van der Waals surface area contributed by atoms with E-state index >= 15 is 0 Å². The van der Waals surface area contributed by atoms with E-state index in [0.717, 1.165) is 25.7 Å². The molecule has 2 rings (SSSR count). The van der Waals surface area contributed by atoms with Crippen molar-refractivity contribution in [1.29, 1.82) is 0 Å². The fourth-order valence-electron chi connectivity index (χ4n) is 3.23. The van der Waals surface area contributed by atoms with E-state index in [0.29, 0.717) is 19.6 Å². The standard InChI is InChI=1S/C19H28N2O4/c1-25-12-6-10-17(13-15-7-3-2-4-8-15)20-19(24)21-11-5-9-16(14-21)18(22)23/h2-4,7-8,16-17H,5-6,9-14H2,1H3,(H,20,24)(H,22,23). The highest BCUT2D eigenvalue weighted by atomic mass is 16.5. The van der Waals surface area contributed by atoms with Crippen LogP contribution in [0.5, 0.6) is 0 Å². The van der Waals surface area contributed by atoms with Crippen molar-refractivity contribution >= 4 is 12.0 Å². The van der Waals surface area contributed by atoms with Gasteiger partial charge in [0.2, 0.25) is 0 Å². The molecular weight excluding hydrogens is 320 g/mol. The molecule has 2 unspecified atom stereocenters. The van der Waals surface area contributed by atoms with E-state index in [-0.39, 0.29) is 18.6 Å². The molecule has 1 aliphatic heterocycles. The van der Waals surface area contributed by atoms with Crippen LogP contribution in [0.1, 0.15) is 31.2 Å². The van der Waals surface area contributed by atoms with Gasteiger partial charge in [-0.05, 0) is 37.7 Å². The van der Waals surface area contributed by atoms with Crippen LogP contribution in [0.4, 0.5) is 4.79 Å². The van der Waals surface area contributed by atoms with Gasteiger partial charge in [0.25, 0.3) is 0 Å². The summed E-state index contributed by atoms with van der Waals surface area (Å²) in [5.41, 5.74) is 1.17. The highest BCUT2D eigenvalue weighted by molar-refractivity contribution is 5.76. The lowest BCUT2D eigenvalue weighted by Crippen LogP contribution is -2.50. The van der Waals surface area contributed by atoms with Gasteiger partial charge in [-0.25, -0.2) is 4.79 Å². The second-order valence-corrected chi connectivity index (χ2v) is 6.59. The third kappa shape index (κ3) is 6.38. The number of ether oxygens (including phenoxy) is 1. The lowest BCUT2D eigenvalue weighted by molar-refractivity contribution is -0.143. The first-order chi connectivity index (χ1) is 12.1. The Morgan fingerprint density at radius 2 is 2.12 bits per heavy atom. The van der Waals surface area contributed by atoms with Crippen molar-refractivity contribution < 1.29 is 19.4 Å². The summed E-state index contributed by atoms with van der Waals surface area (Å²) in [7, 11) is 1.67. The molecule has 6 nitrogen and oxygen atoms in total. The molecule has 25 heavy (non-hydrogen) atoms. The monoisotopic (exact) mass is 348 g/mol. The van der Waals surface area contributed by atoms with Crippen LogP contribution in [-0.2, 0) is 16.0 Å². The summed E-state index contributed by atoms with van der Waals surface area (Å²) in [6.45, 7) is 1.56. The number of rotatable bonds is 8. The first kappa shape index (κ1) is 19.2. The Hall–Kier alpha value is -2.08. The smallest absolute Gasteiger partial charge is 0.317 e. The average Bonchev–Trinajstić information content (AvgIpc) is 2.62. The maximum Gasteiger partial charge on any atom is 0.317 e. The third-order valence-electron chi connectivity index (χ3n) is 4.61. The lowest BCUT2D eigenvalue weighted by atomic mass is 9.98. The summed E-state index contributed by atoms with van der Waals surface area (Å²) in [6, 6.07) is 9.91. The van der Waals surface area contributed by atoms with Gasteiger partial charge in [0, 0.05) is 32.8 Å². The van der Waals surface area contributed by atoms with E-state index in [1.165, 1.54) is 5.56 Å². The predicted molar refractivity (Wildman–Crippen MR) is 95.5 cm³/mol. The third-order valence-corrected chi connectivity index (χ3v) is 4.61. The summed E-state index contributed by atoms with van der Waals surface area (Å²) in [5, 5.41) is 12.3. The highest BCUT2D eigenvalue weighted by Gasteiger charge is 2.29. The zero-order valence-corrected chi connectivity index (χ0v) is 14.8. The Balaban J connectivity index is 1.94. The summed E-state index contributed by atoms with van der Waals surface area (Å²) < 4.78 is 5.12. The molecule has 1 saturated heterocycles. The largest absolute Gasteiger partial charge is 0.481 e. The van der Waals surface area contributed by atoms with Crippen molar-refractivity contribution in [3.8, 4) is 0 Å². The Morgan fingerprint density at radius 3 is 2.80 bits per heavy atom. The fraction of sp³-hybridized carbons (Fsp3) is 0.579. The fourth-order valence-corrected chi connectivity index (χ4v) is 3.23. The quantitative estimate of drug-likeness (QED) is 0.708. The molecule has 138 valence electrons. The molecule has 0 saturated carbocycles. The van der Waals surface area contributed by atoms with E-state index in [2.05, 4.69) is 17.4 Å². The Morgan fingerprint density at radius 1 is 1.36 bits per heavy atom.